The summed E-state index contributed by atoms with van der Waals surface area (Å²) < 4.78 is 20.2. The zero-order chi connectivity index (χ0) is 20.1. The molecule has 1 aromatic carbocycles. The van der Waals surface area contributed by atoms with Crippen LogP contribution in [0.4, 0.5) is 0 Å². The molecule has 1 fully saturated rings. The Hall–Kier alpha value is -2.39. The molecule has 0 atom stereocenters. The third-order valence-electron chi connectivity index (χ3n) is 5.16. The molecule has 3 rings (SSSR count). The predicted molar refractivity (Wildman–Crippen MR) is 105 cm³/mol. The molecule has 2 aromatic rings. The van der Waals surface area contributed by atoms with Gasteiger partial charge in [0.1, 0.15) is 18.1 Å². The summed E-state index contributed by atoms with van der Waals surface area (Å²) in [6.07, 6.45) is 1.66. The Bertz CT molecular complexity index is 854. The number of ether oxygens (including phenoxy) is 3. The van der Waals surface area contributed by atoms with Crippen molar-refractivity contribution in [3.8, 4) is 11.5 Å². The van der Waals surface area contributed by atoms with Gasteiger partial charge in [0.2, 0.25) is 4.77 Å². The van der Waals surface area contributed by atoms with Crippen molar-refractivity contribution in [1.82, 2.24) is 14.3 Å². The van der Waals surface area contributed by atoms with Crippen molar-refractivity contribution < 1.29 is 23.9 Å². The molecule has 1 aliphatic heterocycles. The summed E-state index contributed by atoms with van der Waals surface area (Å²) in [6.45, 7) is 2.81. The fraction of sp³-hybridized carbons (Fsp3) is 0.526. The largest absolute Gasteiger partial charge is 0.497 e. The molecule has 1 aromatic heterocycles. The molecule has 2 heterocycles. The fourth-order valence-corrected chi connectivity index (χ4v) is 3.59. The van der Waals surface area contributed by atoms with E-state index in [9.17, 15) is 4.79 Å². The maximum Gasteiger partial charge on any atom is 0.309 e. The number of aromatic nitrogens is 3. The van der Waals surface area contributed by atoms with Crippen LogP contribution in [0.25, 0.3) is 0 Å². The summed E-state index contributed by atoms with van der Waals surface area (Å²) >= 11 is 5.53. The summed E-state index contributed by atoms with van der Waals surface area (Å²) in [4.78, 5) is 13.0. The SMILES string of the molecule is COC(=O)C1CC[NH+](Cn2nc(COc3ccc(OC)cc3)n(C)c2=S)CC1. The van der Waals surface area contributed by atoms with E-state index in [0.29, 0.717) is 18.0 Å². The van der Waals surface area contributed by atoms with Crippen LogP contribution in [0, 0.1) is 10.7 Å². The van der Waals surface area contributed by atoms with Gasteiger partial charge in [-0.2, -0.15) is 4.68 Å². The average Bonchev–Trinajstić information content (AvgIpc) is 3.00. The molecule has 0 spiro atoms. The summed E-state index contributed by atoms with van der Waals surface area (Å²) in [5.41, 5.74) is 0. The van der Waals surface area contributed by atoms with Crippen LogP contribution in [0.1, 0.15) is 18.7 Å². The Morgan fingerprint density at radius 3 is 2.46 bits per heavy atom. The Kier molecular flexibility index (Phi) is 6.69. The van der Waals surface area contributed by atoms with E-state index in [1.807, 2.05) is 40.6 Å². The molecule has 9 heteroatoms. The monoisotopic (exact) mass is 407 g/mol. The number of carbonyl (C=O) groups is 1. The summed E-state index contributed by atoms with van der Waals surface area (Å²) in [5, 5.41) is 4.64. The van der Waals surface area contributed by atoms with E-state index in [-0.39, 0.29) is 11.9 Å². The lowest BCUT2D eigenvalue weighted by Gasteiger charge is -2.27. The van der Waals surface area contributed by atoms with Crippen LogP contribution in [-0.4, -0.2) is 47.6 Å². The molecule has 1 N–H and O–H groups in total. The van der Waals surface area contributed by atoms with Crippen LogP contribution >= 0.6 is 12.2 Å². The number of hydrogen-bond acceptors (Lipinski definition) is 6. The first-order chi connectivity index (χ1) is 13.5. The standard InChI is InChI=1S/C19H26N4O4S/c1-21-17(12-27-16-6-4-15(25-2)5-7-16)20-23(19(21)28)13-22-10-8-14(9-11-22)18(24)26-3/h4-7,14H,8-13H2,1-3H3/p+1. The number of esters is 1. The van der Waals surface area contributed by atoms with Gasteiger partial charge in [0.25, 0.3) is 0 Å². The minimum atomic E-state index is -0.105. The van der Waals surface area contributed by atoms with Gasteiger partial charge < -0.3 is 23.7 Å². The topological polar surface area (TPSA) is 72.0 Å². The molecule has 8 nitrogen and oxygen atoms in total. The normalized spacial score (nSPS) is 19.2. The number of hydrogen-bond donors (Lipinski definition) is 1. The lowest BCUT2D eigenvalue weighted by atomic mass is 9.97. The molecule has 0 bridgehead atoms. The van der Waals surface area contributed by atoms with Crippen LogP contribution < -0.4 is 14.4 Å². The first-order valence-corrected chi connectivity index (χ1v) is 9.73. The number of piperidine rings is 1. The number of carbonyl (C=O) groups excluding carboxylic acids is 1. The van der Waals surface area contributed by atoms with Crippen molar-refractivity contribution in [2.45, 2.75) is 26.1 Å². The van der Waals surface area contributed by atoms with Gasteiger partial charge in [-0.3, -0.25) is 4.79 Å². The maximum atomic E-state index is 11.7. The molecule has 28 heavy (non-hydrogen) atoms. The van der Waals surface area contributed by atoms with Gasteiger partial charge in [0.05, 0.1) is 33.2 Å². The molecule has 0 unspecified atom stereocenters. The lowest BCUT2D eigenvalue weighted by Crippen LogP contribution is -3.12. The van der Waals surface area contributed by atoms with Crippen molar-refractivity contribution in [3.05, 3.63) is 34.9 Å². The highest BCUT2D eigenvalue weighted by Crippen LogP contribution is 2.18. The number of nitrogens with one attached hydrogen (secondary N) is 1. The van der Waals surface area contributed by atoms with Crippen molar-refractivity contribution in [2.24, 2.45) is 13.0 Å². The number of likely N-dealkylation sites (tertiary alicyclic amines) is 1. The van der Waals surface area contributed by atoms with E-state index < -0.39 is 0 Å². The van der Waals surface area contributed by atoms with Gasteiger partial charge in [-0.1, -0.05) is 0 Å². The van der Waals surface area contributed by atoms with E-state index >= 15 is 0 Å². The highest BCUT2D eigenvalue weighted by atomic mass is 32.1. The van der Waals surface area contributed by atoms with E-state index in [1.54, 1.807) is 7.11 Å². The van der Waals surface area contributed by atoms with Gasteiger partial charge in [0, 0.05) is 19.9 Å². The van der Waals surface area contributed by atoms with Crippen molar-refractivity contribution in [3.63, 3.8) is 0 Å². The second-order valence-corrected chi connectivity index (χ2v) is 7.29. The minimum Gasteiger partial charge on any atom is -0.497 e. The molecular weight excluding hydrogens is 380 g/mol. The number of quaternary nitrogens is 1. The summed E-state index contributed by atoms with van der Waals surface area (Å²) in [6, 6.07) is 7.43. The minimum absolute atomic E-state index is 0.0129. The molecule has 0 amide bonds. The third-order valence-corrected chi connectivity index (χ3v) is 5.64. The summed E-state index contributed by atoms with van der Waals surface area (Å²) in [7, 11) is 4.98. The van der Waals surface area contributed by atoms with Gasteiger partial charge in [0.15, 0.2) is 12.5 Å². The first-order valence-electron chi connectivity index (χ1n) is 9.32. The highest BCUT2D eigenvalue weighted by Gasteiger charge is 2.28. The molecule has 0 aliphatic carbocycles. The number of benzene rings is 1. The van der Waals surface area contributed by atoms with Crippen LogP contribution in [0.15, 0.2) is 24.3 Å². The highest BCUT2D eigenvalue weighted by molar-refractivity contribution is 7.71. The van der Waals surface area contributed by atoms with Crippen molar-refractivity contribution in [1.29, 1.82) is 0 Å². The van der Waals surface area contributed by atoms with Crippen LogP contribution in [0.5, 0.6) is 11.5 Å². The molecule has 1 saturated heterocycles. The number of rotatable bonds is 7. The van der Waals surface area contributed by atoms with E-state index in [4.69, 9.17) is 26.4 Å². The lowest BCUT2D eigenvalue weighted by molar-refractivity contribution is -0.929. The quantitative estimate of drug-likeness (QED) is 0.545. The van der Waals surface area contributed by atoms with E-state index in [0.717, 1.165) is 43.3 Å². The second kappa shape index (κ2) is 9.20. The summed E-state index contributed by atoms with van der Waals surface area (Å²) in [5.74, 6) is 2.21. The molecule has 152 valence electrons. The Morgan fingerprint density at radius 2 is 1.86 bits per heavy atom. The zero-order valence-corrected chi connectivity index (χ0v) is 17.3. The zero-order valence-electron chi connectivity index (χ0n) is 16.5. The van der Waals surface area contributed by atoms with Gasteiger partial charge in [-0.15, -0.1) is 5.10 Å². The molecular formula is C19H27N4O4S+. The Morgan fingerprint density at radius 1 is 1.21 bits per heavy atom. The van der Waals surface area contributed by atoms with Gasteiger partial charge >= 0.3 is 5.97 Å². The smallest absolute Gasteiger partial charge is 0.309 e. The second-order valence-electron chi connectivity index (χ2n) is 6.93. The number of methoxy groups -OCH3 is 2. The van der Waals surface area contributed by atoms with E-state index in [1.165, 1.54) is 12.0 Å². The van der Waals surface area contributed by atoms with Gasteiger partial charge in [-0.05, 0) is 36.5 Å². The van der Waals surface area contributed by atoms with Crippen LogP contribution in [0.3, 0.4) is 0 Å². The Balaban J connectivity index is 1.58. The van der Waals surface area contributed by atoms with Gasteiger partial charge in [-0.25, -0.2) is 0 Å². The fourth-order valence-electron chi connectivity index (χ4n) is 3.38. The average molecular weight is 408 g/mol. The number of nitrogens with zero attached hydrogens (tertiary/aromatic N) is 3. The first kappa shape index (κ1) is 20.3. The van der Waals surface area contributed by atoms with Crippen molar-refractivity contribution >= 4 is 18.2 Å². The van der Waals surface area contributed by atoms with Crippen LogP contribution in [-0.2, 0) is 29.9 Å². The van der Waals surface area contributed by atoms with E-state index in [2.05, 4.69) is 5.10 Å². The Labute approximate surface area is 169 Å². The maximum absolute atomic E-state index is 11.7. The van der Waals surface area contributed by atoms with Crippen LogP contribution in [0.2, 0.25) is 0 Å². The third kappa shape index (κ3) is 4.71. The molecule has 0 radical (unpaired) electrons. The predicted octanol–water partition coefficient (Wildman–Crippen LogP) is 0.964. The molecule has 0 saturated carbocycles. The van der Waals surface area contributed by atoms with Crippen molar-refractivity contribution in [2.75, 3.05) is 27.3 Å². The molecule has 1 aliphatic rings.